The summed E-state index contributed by atoms with van der Waals surface area (Å²) < 4.78 is 10.8. The van der Waals surface area contributed by atoms with Crippen LogP contribution in [0.2, 0.25) is 10.0 Å². The maximum atomic E-state index is 13.1. The van der Waals surface area contributed by atoms with Gasteiger partial charge in [0.1, 0.15) is 25.2 Å². The molecule has 212 valence electrons. The molecule has 2 aliphatic carbocycles. The van der Waals surface area contributed by atoms with Crippen LogP contribution < -0.4 is 0 Å². The van der Waals surface area contributed by atoms with Crippen LogP contribution in [0.15, 0.2) is 29.6 Å². The van der Waals surface area contributed by atoms with Crippen molar-refractivity contribution in [2.45, 2.75) is 83.6 Å². The Balaban J connectivity index is 1.57. The zero-order valence-corrected chi connectivity index (χ0v) is 24.7. The normalized spacial score (nSPS) is 17.6. The first-order valence-corrected chi connectivity index (χ1v) is 16.5. The maximum Gasteiger partial charge on any atom is 0.410 e. The van der Waals surface area contributed by atoms with E-state index in [0.29, 0.717) is 16.5 Å². The summed E-state index contributed by atoms with van der Waals surface area (Å²) in [5, 5.41) is 0.802. The van der Waals surface area contributed by atoms with E-state index in [1.54, 1.807) is 24.0 Å². The van der Waals surface area contributed by atoms with Crippen molar-refractivity contribution in [1.29, 1.82) is 0 Å². The third-order valence-electron chi connectivity index (χ3n) is 7.39. The third-order valence-corrected chi connectivity index (χ3v) is 9.88. The molecule has 0 saturated heterocycles. The van der Waals surface area contributed by atoms with Gasteiger partial charge in [-0.1, -0.05) is 55.0 Å². The van der Waals surface area contributed by atoms with Gasteiger partial charge >= 0.3 is 12.1 Å². The van der Waals surface area contributed by atoms with E-state index in [1.165, 1.54) is 11.3 Å². The predicted molar refractivity (Wildman–Crippen MR) is 152 cm³/mol. The van der Waals surface area contributed by atoms with Crippen molar-refractivity contribution in [2.24, 2.45) is 5.92 Å². The molecule has 38 heavy (non-hydrogen) atoms. The van der Waals surface area contributed by atoms with Crippen molar-refractivity contribution in [3.8, 4) is 0 Å². The standard InChI is InChI=1S/C28H41Cl2NO6P/c1-21(24-13-14-25(29)26(30)19-24)31(15-8-18-38(34,35)20-22-9-4-2-5-10-22)28(33)37-17-16-36-27(32)23-11-6-3-7-12-23/h13-14,19-21,23,34-35H,2-12,15-18H2,1H3/q+1. The van der Waals surface area contributed by atoms with E-state index in [4.69, 9.17) is 32.7 Å². The summed E-state index contributed by atoms with van der Waals surface area (Å²) >= 11 is 12.3. The molecule has 2 fully saturated rings. The smallest absolute Gasteiger partial charge is 0.410 e. The zero-order chi connectivity index (χ0) is 27.5. The van der Waals surface area contributed by atoms with Gasteiger partial charge in [-0.2, -0.15) is 0 Å². The van der Waals surface area contributed by atoms with Gasteiger partial charge in [-0.05, 0) is 68.7 Å². The highest BCUT2D eigenvalue weighted by Gasteiger charge is 2.32. The van der Waals surface area contributed by atoms with Crippen molar-refractivity contribution in [3.63, 3.8) is 0 Å². The molecule has 7 nitrogen and oxygen atoms in total. The summed E-state index contributed by atoms with van der Waals surface area (Å²) in [5.74, 6) is 1.40. The molecule has 1 amide bonds. The lowest BCUT2D eigenvalue weighted by Crippen LogP contribution is -2.36. The van der Waals surface area contributed by atoms with E-state index in [0.717, 1.165) is 68.9 Å². The van der Waals surface area contributed by atoms with Gasteiger partial charge < -0.3 is 14.4 Å². The molecule has 1 aromatic carbocycles. The SMILES string of the molecule is CC(c1ccc(Cl)c(Cl)c1)N(CCC[P+](O)(O)C=C1CCCCC1)C(=O)OCCOC(=O)C1CCCCC1. The van der Waals surface area contributed by atoms with Gasteiger partial charge in [0.2, 0.25) is 0 Å². The number of allylic oxidation sites excluding steroid dienone is 1. The molecule has 0 radical (unpaired) electrons. The first-order chi connectivity index (χ1) is 18.2. The highest BCUT2D eigenvalue weighted by Crippen LogP contribution is 2.54. The number of hydrogen-bond acceptors (Lipinski definition) is 6. The Hall–Kier alpha value is -1.37. The molecule has 0 spiro atoms. The summed E-state index contributed by atoms with van der Waals surface area (Å²) in [4.78, 5) is 48.2. The first-order valence-electron chi connectivity index (χ1n) is 13.7. The molecular formula is C28H41Cl2NO6P+. The molecule has 2 aliphatic rings. The Labute approximate surface area is 237 Å². The molecule has 0 aromatic heterocycles. The first kappa shape index (κ1) is 31.2. The Morgan fingerprint density at radius 2 is 1.68 bits per heavy atom. The van der Waals surface area contributed by atoms with Crippen LogP contribution in [0.25, 0.3) is 0 Å². The highest BCUT2D eigenvalue weighted by atomic mass is 35.5. The fraction of sp³-hybridized carbons (Fsp3) is 0.643. The molecule has 1 unspecified atom stereocenters. The van der Waals surface area contributed by atoms with Crippen LogP contribution in [-0.2, 0) is 14.3 Å². The number of nitrogens with zero attached hydrogens (tertiary/aromatic N) is 1. The van der Waals surface area contributed by atoms with E-state index in [-0.39, 0.29) is 37.8 Å². The van der Waals surface area contributed by atoms with Crippen LogP contribution in [-0.4, -0.2) is 52.7 Å². The number of amides is 1. The Bertz CT molecular complexity index is 959. The van der Waals surface area contributed by atoms with Crippen molar-refractivity contribution in [1.82, 2.24) is 4.90 Å². The van der Waals surface area contributed by atoms with E-state index in [1.807, 2.05) is 6.92 Å². The fourth-order valence-electron chi connectivity index (χ4n) is 5.17. The van der Waals surface area contributed by atoms with Crippen LogP contribution in [0, 0.1) is 5.92 Å². The van der Waals surface area contributed by atoms with Gasteiger partial charge in [-0.25, -0.2) is 14.6 Å². The van der Waals surface area contributed by atoms with Crippen LogP contribution in [0.3, 0.4) is 0 Å². The van der Waals surface area contributed by atoms with Gasteiger partial charge in [0, 0.05) is 13.0 Å². The van der Waals surface area contributed by atoms with Gasteiger partial charge in [-0.3, -0.25) is 4.79 Å². The maximum absolute atomic E-state index is 13.1. The molecule has 1 atom stereocenters. The van der Waals surface area contributed by atoms with Crippen LogP contribution >= 0.6 is 30.9 Å². The Morgan fingerprint density at radius 3 is 2.37 bits per heavy atom. The van der Waals surface area contributed by atoms with E-state index in [9.17, 15) is 19.4 Å². The third kappa shape index (κ3) is 9.98. The van der Waals surface area contributed by atoms with Crippen molar-refractivity contribution in [3.05, 3.63) is 45.2 Å². The van der Waals surface area contributed by atoms with Gasteiger partial charge in [0.25, 0.3) is 7.72 Å². The number of ether oxygens (including phenoxy) is 2. The monoisotopic (exact) mass is 588 g/mol. The highest BCUT2D eigenvalue weighted by molar-refractivity contribution is 7.67. The number of rotatable bonds is 11. The van der Waals surface area contributed by atoms with Crippen LogP contribution in [0.4, 0.5) is 4.79 Å². The Morgan fingerprint density at radius 1 is 1.03 bits per heavy atom. The van der Waals surface area contributed by atoms with Gasteiger partial charge in [0.15, 0.2) is 0 Å². The lowest BCUT2D eigenvalue weighted by atomic mass is 9.89. The number of halogens is 2. The minimum absolute atomic E-state index is 0.00552. The second-order valence-electron chi connectivity index (χ2n) is 10.4. The Kier molecular flexibility index (Phi) is 12.6. The lowest BCUT2D eigenvalue weighted by molar-refractivity contribution is -0.150. The molecule has 2 N–H and O–H groups in total. The summed E-state index contributed by atoms with van der Waals surface area (Å²) in [5.41, 5.74) is 1.90. The fourth-order valence-corrected chi connectivity index (χ4v) is 7.06. The number of benzene rings is 1. The number of carbonyl (C=O) groups excluding carboxylic acids is 2. The minimum Gasteiger partial charge on any atom is -0.462 e. The lowest BCUT2D eigenvalue weighted by Gasteiger charge is -2.29. The zero-order valence-electron chi connectivity index (χ0n) is 22.2. The molecular weight excluding hydrogens is 548 g/mol. The summed E-state index contributed by atoms with van der Waals surface area (Å²) in [6.07, 6.45) is 10.1. The predicted octanol–water partition coefficient (Wildman–Crippen LogP) is 7.69. The van der Waals surface area contributed by atoms with E-state index >= 15 is 0 Å². The second-order valence-corrected chi connectivity index (χ2v) is 13.5. The summed E-state index contributed by atoms with van der Waals surface area (Å²) in [6.45, 7) is 2.07. The molecule has 0 bridgehead atoms. The molecule has 2 saturated carbocycles. The number of carbonyl (C=O) groups is 2. The molecule has 3 rings (SSSR count). The number of hydrogen-bond donors (Lipinski definition) is 2. The van der Waals surface area contributed by atoms with Crippen molar-refractivity contribution >= 4 is 43.0 Å². The molecule has 0 aliphatic heterocycles. The van der Waals surface area contributed by atoms with E-state index in [2.05, 4.69) is 0 Å². The number of esters is 1. The van der Waals surface area contributed by atoms with Crippen LogP contribution in [0.5, 0.6) is 0 Å². The van der Waals surface area contributed by atoms with Crippen LogP contribution in [0.1, 0.15) is 89.2 Å². The van der Waals surface area contributed by atoms with E-state index < -0.39 is 19.9 Å². The van der Waals surface area contributed by atoms with Crippen molar-refractivity contribution < 1.29 is 28.8 Å². The van der Waals surface area contributed by atoms with Gasteiger partial charge in [-0.15, -0.1) is 0 Å². The molecule has 0 heterocycles. The summed E-state index contributed by atoms with van der Waals surface area (Å²) in [6, 6.07) is 4.79. The molecule has 1 aromatic rings. The second kappa shape index (κ2) is 15.4. The average Bonchev–Trinajstić information content (AvgIpc) is 2.91. The largest absolute Gasteiger partial charge is 0.462 e. The quantitative estimate of drug-likeness (QED) is 0.156. The minimum atomic E-state index is -3.20. The van der Waals surface area contributed by atoms with Crippen molar-refractivity contribution in [2.75, 3.05) is 25.9 Å². The molecule has 10 heteroatoms. The summed E-state index contributed by atoms with van der Waals surface area (Å²) in [7, 11) is -3.20. The van der Waals surface area contributed by atoms with Gasteiger partial charge in [0.05, 0.1) is 22.0 Å². The topological polar surface area (TPSA) is 96.3 Å². The average molecular weight is 590 g/mol.